The zero-order chi connectivity index (χ0) is 16.3. The predicted octanol–water partition coefficient (Wildman–Crippen LogP) is 2.33. The zero-order valence-electron chi connectivity index (χ0n) is 12.1. The molecule has 0 aromatic heterocycles. The van der Waals surface area contributed by atoms with Crippen molar-refractivity contribution in [3.05, 3.63) is 29.6 Å². The van der Waals surface area contributed by atoms with Crippen molar-refractivity contribution in [1.29, 1.82) is 0 Å². The van der Waals surface area contributed by atoms with E-state index in [-0.39, 0.29) is 23.0 Å². The second-order valence-electron chi connectivity index (χ2n) is 5.82. The minimum Gasteiger partial charge on any atom is -0.399 e. The van der Waals surface area contributed by atoms with Crippen LogP contribution in [0.1, 0.15) is 12.5 Å². The van der Waals surface area contributed by atoms with Crippen LogP contribution in [0.25, 0.3) is 0 Å². The van der Waals surface area contributed by atoms with Crippen LogP contribution in [-0.4, -0.2) is 29.6 Å². The fourth-order valence-electron chi connectivity index (χ4n) is 3.44. The molecule has 1 aromatic rings. The van der Waals surface area contributed by atoms with Crippen LogP contribution in [-0.2, 0) is 10.3 Å². The molecule has 4 N–H and O–H groups in total. The first kappa shape index (κ1) is 15.5. The summed E-state index contributed by atoms with van der Waals surface area (Å²) in [5.74, 6) is -4.90. The molecule has 0 saturated heterocycles. The van der Waals surface area contributed by atoms with E-state index in [0.29, 0.717) is 0 Å². The highest BCUT2D eigenvalue weighted by atomic mass is 32.2. The van der Waals surface area contributed by atoms with E-state index in [0.717, 1.165) is 17.8 Å². The Balaban J connectivity index is 2.17. The average Bonchev–Trinajstić information content (AvgIpc) is 2.89. The Bertz CT molecular complexity index is 669. The highest BCUT2D eigenvalue weighted by Crippen LogP contribution is 2.74. The average molecular weight is 331 g/mol. The zero-order valence-corrected chi connectivity index (χ0v) is 12.9. The molecule has 1 saturated carbocycles. The van der Waals surface area contributed by atoms with Gasteiger partial charge in [-0.1, -0.05) is 11.8 Å². The number of amidine groups is 1. The Morgan fingerprint density at radius 2 is 2.05 bits per heavy atom. The number of thioether (sulfide) groups is 1. The number of fused-ring (bicyclic) bond motifs is 1. The van der Waals surface area contributed by atoms with Crippen LogP contribution in [0.15, 0.2) is 23.2 Å². The first-order valence-electron chi connectivity index (χ1n) is 6.65. The minimum absolute atomic E-state index is 0.00482. The van der Waals surface area contributed by atoms with Gasteiger partial charge < -0.3 is 16.2 Å². The molecule has 0 amide bonds. The Morgan fingerprint density at radius 1 is 1.36 bits per heavy atom. The lowest BCUT2D eigenvalue weighted by molar-refractivity contribution is 0.0637. The summed E-state index contributed by atoms with van der Waals surface area (Å²) < 4.78 is 46.8. The van der Waals surface area contributed by atoms with Crippen LogP contribution < -0.4 is 11.5 Å². The molecule has 120 valence electrons. The molecule has 1 fully saturated rings. The molecular formula is C14H16F3N3OS. The Morgan fingerprint density at radius 3 is 2.68 bits per heavy atom. The molecule has 1 unspecified atom stereocenters. The monoisotopic (exact) mass is 331 g/mol. The number of rotatable bonds is 3. The summed E-state index contributed by atoms with van der Waals surface area (Å²) in [6, 6.07) is 3.87. The lowest BCUT2D eigenvalue weighted by atomic mass is 9.85. The maximum absolute atomic E-state index is 14.5. The Labute approximate surface area is 130 Å². The van der Waals surface area contributed by atoms with E-state index >= 15 is 0 Å². The summed E-state index contributed by atoms with van der Waals surface area (Å²) in [6.07, 6.45) is 0. The van der Waals surface area contributed by atoms with Crippen LogP contribution in [0, 0.1) is 11.7 Å². The van der Waals surface area contributed by atoms with Crippen molar-refractivity contribution in [1.82, 2.24) is 0 Å². The fraction of sp³-hybridized carbons (Fsp3) is 0.500. The summed E-state index contributed by atoms with van der Waals surface area (Å²) in [6.45, 7) is 1.28. The van der Waals surface area contributed by atoms with Gasteiger partial charge in [0.15, 0.2) is 5.17 Å². The molecule has 3 rings (SSSR count). The lowest BCUT2D eigenvalue weighted by Crippen LogP contribution is -2.37. The number of hydrogen-bond acceptors (Lipinski definition) is 5. The number of nitrogen functional groups attached to an aromatic ring is 1. The number of methoxy groups -OCH3 is 1. The summed E-state index contributed by atoms with van der Waals surface area (Å²) in [7, 11) is 1.35. The van der Waals surface area contributed by atoms with E-state index in [1.165, 1.54) is 26.2 Å². The third kappa shape index (κ3) is 1.80. The molecule has 0 bridgehead atoms. The molecule has 22 heavy (non-hydrogen) atoms. The van der Waals surface area contributed by atoms with Gasteiger partial charge in [-0.25, -0.2) is 13.2 Å². The first-order chi connectivity index (χ1) is 10.2. The predicted molar refractivity (Wildman–Crippen MR) is 80.4 cm³/mol. The highest BCUT2D eigenvalue weighted by molar-refractivity contribution is 8.15. The number of hydrogen-bond donors (Lipinski definition) is 2. The SMILES string of the molecule is COC[C@@]12SC(N)=N[C@](C)(c3cc(N)ccc3F)C1C2(F)F. The minimum atomic E-state index is -3.07. The van der Waals surface area contributed by atoms with E-state index in [4.69, 9.17) is 16.2 Å². The maximum Gasteiger partial charge on any atom is 0.272 e. The third-order valence-corrected chi connectivity index (χ3v) is 5.69. The number of nitrogens with zero attached hydrogens (tertiary/aromatic N) is 1. The van der Waals surface area contributed by atoms with Crippen molar-refractivity contribution in [3.8, 4) is 0 Å². The number of aliphatic imine (C=N–C) groups is 1. The van der Waals surface area contributed by atoms with Crippen LogP contribution in [0.5, 0.6) is 0 Å². The van der Waals surface area contributed by atoms with Gasteiger partial charge >= 0.3 is 0 Å². The number of anilines is 1. The van der Waals surface area contributed by atoms with Gasteiger partial charge in [-0.3, -0.25) is 4.99 Å². The number of alkyl halides is 2. The topological polar surface area (TPSA) is 73.6 Å². The Kier molecular flexibility index (Phi) is 3.20. The van der Waals surface area contributed by atoms with E-state index in [9.17, 15) is 13.2 Å². The van der Waals surface area contributed by atoms with Crippen molar-refractivity contribution in [3.63, 3.8) is 0 Å². The van der Waals surface area contributed by atoms with E-state index in [1.807, 2.05) is 0 Å². The van der Waals surface area contributed by atoms with Gasteiger partial charge in [0.2, 0.25) is 0 Å². The van der Waals surface area contributed by atoms with Gasteiger partial charge in [0.25, 0.3) is 5.92 Å². The summed E-state index contributed by atoms with van der Waals surface area (Å²) in [4.78, 5) is 4.16. The first-order valence-corrected chi connectivity index (χ1v) is 7.47. The van der Waals surface area contributed by atoms with Gasteiger partial charge in [0.05, 0.1) is 18.1 Å². The normalized spacial score (nSPS) is 35.7. The molecule has 1 heterocycles. The van der Waals surface area contributed by atoms with Crippen LogP contribution >= 0.6 is 11.8 Å². The second kappa shape index (κ2) is 4.55. The number of ether oxygens (including phenoxy) is 1. The maximum atomic E-state index is 14.5. The van der Waals surface area contributed by atoms with Gasteiger partial charge in [-0.05, 0) is 25.1 Å². The number of benzene rings is 1. The molecular weight excluding hydrogens is 315 g/mol. The quantitative estimate of drug-likeness (QED) is 0.834. The smallest absolute Gasteiger partial charge is 0.272 e. The molecule has 1 aromatic carbocycles. The van der Waals surface area contributed by atoms with E-state index in [1.54, 1.807) is 0 Å². The largest absolute Gasteiger partial charge is 0.399 e. The van der Waals surface area contributed by atoms with Crippen LogP contribution in [0.4, 0.5) is 18.9 Å². The van der Waals surface area contributed by atoms with Crippen molar-refractivity contribution < 1.29 is 17.9 Å². The Hall–Kier alpha value is -1.41. The van der Waals surface area contributed by atoms with Gasteiger partial charge in [-0.15, -0.1) is 0 Å². The number of nitrogens with two attached hydrogens (primary N) is 2. The third-order valence-electron chi connectivity index (χ3n) is 4.40. The number of halogens is 3. The van der Waals surface area contributed by atoms with Crippen molar-refractivity contribution in [2.75, 3.05) is 19.5 Å². The molecule has 1 aliphatic heterocycles. The molecule has 4 nitrogen and oxygen atoms in total. The lowest BCUT2D eigenvalue weighted by Gasteiger charge is -2.32. The summed E-state index contributed by atoms with van der Waals surface area (Å²) >= 11 is 0.800. The second-order valence-corrected chi connectivity index (χ2v) is 7.17. The molecule has 2 aliphatic rings. The molecule has 1 aliphatic carbocycles. The van der Waals surface area contributed by atoms with Gasteiger partial charge in [0.1, 0.15) is 10.6 Å². The van der Waals surface area contributed by atoms with Crippen LogP contribution in [0.2, 0.25) is 0 Å². The van der Waals surface area contributed by atoms with Crippen molar-refractivity contribution in [2.24, 2.45) is 16.6 Å². The van der Waals surface area contributed by atoms with Gasteiger partial charge in [-0.2, -0.15) is 0 Å². The van der Waals surface area contributed by atoms with Crippen molar-refractivity contribution >= 4 is 22.6 Å². The standard InChI is InChI=1S/C14H16F3N3OS/c1-12(8-5-7(18)3-4-9(8)15)10-13(6-21-2,14(10,16)17)22-11(19)20-12/h3-5,10H,6,18H2,1-2H3,(H2,19,20)/t10?,12-,13-/m1/s1. The van der Waals surface area contributed by atoms with E-state index in [2.05, 4.69) is 4.99 Å². The molecule has 0 spiro atoms. The van der Waals surface area contributed by atoms with Gasteiger partial charge in [0, 0.05) is 18.4 Å². The summed E-state index contributed by atoms with van der Waals surface area (Å²) in [5, 5.41) is -0.00482. The van der Waals surface area contributed by atoms with Crippen molar-refractivity contribution in [2.45, 2.75) is 23.1 Å². The highest BCUT2D eigenvalue weighted by Gasteiger charge is 2.87. The molecule has 8 heteroatoms. The summed E-state index contributed by atoms with van der Waals surface area (Å²) in [5.41, 5.74) is 10.3. The molecule has 0 radical (unpaired) electrons. The molecule has 3 atom stereocenters. The van der Waals surface area contributed by atoms with Crippen LogP contribution in [0.3, 0.4) is 0 Å². The fourth-order valence-corrected chi connectivity index (χ4v) is 4.92. The van der Waals surface area contributed by atoms with E-state index < -0.39 is 27.9 Å².